The van der Waals surface area contributed by atoms with Crippen LogP contribution in [0, 0.1) is 0 Å². The summed E-state index contributed by atoms with van der Waals surface area (Å²) in [7, 11) is 0. The number of nitrogens with two attached hydrogens (primary N) is 1. The van der Waals surface area contributed by atoms with E-state index in [1.165, 1.54) is 0 Å². The van der Waals surface area contributed by atoms with Crippen LogP contribution in [0.1, 0.15) is 32.1 Å². The van der Waals surface area contributed by atoms with E-state index in [0.29, 0.717) is 13.0 Å². The summed E-state index contributed by atoms with van der Waals surface area (Å²) in [6.45, 7) is 0.631. The Labute approximate surface area is 55.4 Å². The van der Waals surface area contributed by atoms with Gasteiger partial charge in [0.15, 0.2) is 0 Å². The average molecular weight is 131 g/mol. The van der Waals surface area contributed by atoms with Gasteiger partial charge in [0.1, 0.15) is 5.67 Å². The second kappa shape index (κ2) is 2.65. The van der Waals surface area contributed by atoms with Crippen LogP contribution in [0.15, 0.2) is 0 Å². The van der Waals surface area contributed by atoms with E-state index in [1.807, 2.05) is 0 Å². The van der Waals surface area contributed by atoms with Crippen molar-refractivity contribution in [3.8, 4) is 0 Å². The molecule has 0 heterocycles. The monoisotopic (exact) mass is 131 g/mol. The summed E-state index contributed by atoms with van der Waals surface area (Å²) in [6.07, 6.45) is 4.14. The van der Waals surface area contributed by atoms with Gasteiger partial charge in [-0.25, -0.2) is 4.39 Å². The zero-order valence-electron chi connectivity index (χ0n) is 5.70. The molecule has 0 aliphatic heterocycles. The van der Waals surface area contributed by atoms with Gasteiger partial charge in [-0.05, 0) is 38.6 Å². The Morgan fingerprint density at radius 1 is 1.44 bits per heavy atom. The van der Waals surface area contributed by atoms with E-state index >= 15 is 0 Å². The smallest absolute Gasteiger partial charge is 0.111 e. The largest absolute Gasteiger partial charge is 0.330 e. The van der Waals surface area contributed by atoms with Crippen molar-refractivity contribution in [2.75, 3.05) is 6.54 Å². The molecular weight excluding hydrogens is 117 g/mol. The summed E-state index contributed by atoms with van der Waals surface area (Å²) < 4.78 is 13.0. The van der Waals surface area contributed by atoms with Crippen molar-refractivity contribution in [1.82, 2.24) is 0 Å². The fourth-order valence-corrected chi connectivity index (χ4v) is 1.23. The van der Waals surface area contributed by atoms with Crippen molar-refractivity contribution in [3.63, 3.8) is 0 Å². The standard InChI is InChI=1S/C7H14FN/c8-7(3-1-4-7)5-2-6-9/h1-6,9H2. The van der Waals surface area contributed by atoms with E-state index < -0.39 is 5.67 Å². The average Bonchev–Trinajstić information content (AvgIpc) is 1.79. The lowest BCUT2D eigenvalue weighted by atomic mass is 9.79. The summed E-state index contributed by atoms with van der Waals surface area (Å²) in [5.41, 5.74) is 4.44. The van der Waals surface area contributed by atoms with Crippen LogP contribution >= 0.6 is 0 Å². The molecule has 2 heteroatoms. The Kier molecular flexibility index (Phi) is 2.06. The molecule has 0 unspecified atom stereocenters. The lowest BCUT2D eigenvalue weighted by molar-refractivity contribution is 0.0524. The van der Waals surface area contributed by atoms with E-state index in [-0.39, 0.29) is 0 Å². The van der Waals surface area contributed by atoms with Gasteiger partial charge in [0.25, 0.3) is 0 Å². The van der Waals surface area contributed by atoms with E-state index in [2.05, 4.69) is 0 Å². The Balaban J connectivity index is 2.09. The molecule has 1 rings (SSSR count). The molecule has 0 aromatic heterocycles. The van der Waals surface area contributed by atoms with Crippen molar-refractivity contribution in [3.05, 3.63) is 0 Å². The molecule has 2 N–H and O–H groups in total. The topological polar surface area (TPSA) is 26.0 Å². The first-order valence-electron chi connectivity index (χ1n) is 3.66. The number of hydrogen-bond donors (Lipinski definition) is 1. The fourth-order valence-electron chi connectivity index (χ4n) is 1.23. The summed E-state index contributed by atoms with van der Waals surface area (Å²) in [5.74, 6) is 0. The van der Waals surface area contributed by atoms with E-state index in [0.717, 1.165) is 25.7 Å². The summed E-state index contributed by atoms with van der Waals surface area (Å²) >= 11 is 0. The molecule has 1 aliphatic carbocycles. The molecule has 1 fully saturated rings. The van der Waals surface area contributed by atoms with Gasteiger partial charge in [-0.15, -0.1) is 0 Å². The molecule has 0 amide bonds. The highest BCUT2D eigenvalue weighted by molar-refractivity contribution is 4.87. The zero-order chi connectivity index (χ0) is 6.74. The summed E-state index contributed by atoms with van der Waals surface area (Å²) in [5, 5.41) is 0. The first-order valence-corrected chi connectivity index (χ1v) is 3.66. The highest BCUT2D eigenvalue weighted by Gasteiger charge is 2.35. The summed E-state index contributed by atoms with van der Waals surface area (Å²) in [4.78, 5) is 0. The Morgan fingerprint density at radius 2 is 2.11 bits per heavy atom. The molecule has 0 atom stereocenters. The van der Waals surface area contributed by atoms with Crippen LogP contribution in [0.4, 0.5) is 4.39 Å². The summed E-state index contributed by atoms with van der Waals surface area (Å²) in [6, 6.07) is 0. The first-order chi connectivity index (χ1) is 4.27. The number of alkyl halides is 1. The van der Waals surface area contributed by atoms with Crippen LogP contribution in [0.25, 0.3) is 0 Å². The SMILES string of the molecule is NCCCC1(F)CCC1. The molecular formula is C7H14FN. The van der Waals surface area contributed by atoms with Gasteiger partial charge in [0, 0.05) is 0 Å². The molecule has 0 radical (unpaired) electrons. The molecule has 0 bridgehead atoms. The van der Waals surface area contributed by atoms with E-state index in [4.69, 9.17) is 5.73 Å². The first kappa shape index (κ1) is 7.00. The van der Waals surface area contributed by atoms with Gasteiger partial charge in [-0.2, -0.15) is 0 Å². The van der Waals surface area contributed by atoms with Crippen molar-refractivity contribution in [2.45, 2.75) is 37.8 Å². The molecule has 0 aromatic carbocycles. The normalized spacial score (nSPS) is 23.3. The lowest BCUT2D eigenvalue weighted by Crippen LogP contribution is -2.32. The van der Waals surface area contributed by atoms with E-state index in [9.17, 15) is 4.39 Å². The van der Waals surface area contributed by atoms with Gasteiger partial charge in [-0.3, -0.25) is 0 Å². The maximum atomic E-state index is 13.0. The maximum Gasteiger partial charge on any atom is 0.111 e. The number of hydrogen-bond acceptors (Lipinski definition) is 1. The molecule has 54 valence electrons. The fraction of sp³-hybridized carbons (Fsp3) is 1.00. The predicted octanol–water partition coefficient (Wildman–Crippen LogP) is 1.62. The van der Waals surface area contributed by atoms with Gasteiger partial charge < -0.3 is 5.73 Å². The van der Waals surface area contributed by atoms with Crippen LogP contribution in [0.5, 0.6) is 0 Å². The molecule has 0 spiro atoms. The van der Waals surface area contributed by atoms with Gasteiger partial charge in [0.05, 0.1) is 0 Å². The predicted molar refractivity (Wildman–Crippen MR) is 36.0 cm³/mol. The lowest BCUT2D eigenvalue weighted by Gasteiger charge is -2.33. The minimum absolute atomic E-state index is 0.631. The van der Waals surface area contributed by atoms with Crippen LogP contribution < -0.4 is 5.73 Å². The van der Waals surface area contributed by atoms with Gasteiger partial charge in [-0.1, -0.05) is 0 Å². The number of rotatable bonds is 3. The number of halogens is 1. The Hall–Kier alpha value is -0.110. The molecule has 1 nitrogen and oxygen atoms in total. The van der Waals surface area contributed by atoms with Gasteiger partial charge >= 0.3 is 0 Å². The van der Waals surface area contributed by atoms with Crippen molar-refractivity contribution in [2.24, 2.45) is 5.73 Å². The van der Waals surface area contributed by atoms with Crippen LogP contribution in [0.2, 0.25) is 0 Å². The molecule has 0 aromatic rings. The van der Waals surface area contributed by atoms with E-state index in [1.54, 1.807) is 0 Å². The third-order valence-corrected chi connectivity index (χ3v) is 2.08. The second-order valence-electron chi connectivity index (χ2n) is 2.90. The molecule has 1 aliphatic rings. The van der Waals surface area contributed by atoms with Crippen molar-refractivity contribution in [1.29, 1.82) is 0 Å². The zero-order valence-corrected chi connectivity index (χ0v) is 5.70. The second-order valence-corrected chi connectivity index (χ2v) is 2.90. The quantitative estimate of drug-likeness (QED) is 0.618. The minimum atomic E-state index is -0.806. The van der Waals surface area contributed by atoms with Crippen molar-refractivity contribution >= 4 is 0 Å². The third kappa shape index (κ3) is 1.65. The Bertz CT molecular complexity index is 88.9. The molecule has 1 saturated carbocycles. The highest BCUT2D eigenvalue weighted by atomic mass is 19.1. The highest BCUT2D eigenvalue weighted by Crippen LogP contribution is 2.39. The minimum Gasteiger partial charge on any atom is -0.330 e. The van der Waals surface area contributed by atoms with Crippen molar-refractivity contribution < 1.29 is 4.39 Å². The van der Waals surface area contributed by atoms with Crippen LogP contribution in [-0.2, 0) is 0 Å². The molecule has 9 heavy (non-hydrogen) atoms. The Morgan fingerprint density at radius 3 is 2.44 bits per heavy atom. The van der Waals surface area contributed by atoms with Gasteiger partial charge in [0.2, 0.25) is 0 Å². The maximum absolute atomic E-state index is 13.0. The molecule has 0 saturated heterocycles. The van der Waals surface area contributed by atoms with Crippen LogP contribution in [-0.4, -0.2) is 12.2 Å². The third-order valence-electron chi connectivity index (χ3n) is 2.08. The van der Waals surface area contributed by atoms with Crippen LogP contribution in [0.3, 0.4) is 0 Å².